The van der Waals surface area contributed by atoms with Crippen LogP contribution in [-0.4, -0.2) is 68.3 Å². The van der Waals surface area contributed by atoms with E-state index in [9.17, 15) is 4.79 Å². The van der Waals surface area contributed by atoms with Gasteiger partial charge in [0.25, 0.3) is 5.91 Å². The van der Waals surface area contributed by atoms with Crippen LogP contribution in [0.2, 0.25) is 0 Å². The van der Waals surface area contributed by atoms with Crippen LogP contribution in [0, 0.1) is 0 Å². The van der Waals surface area contributed by atoms with Crippen LogP contribution in [0.5, 0.6) is 11.5 Å². The number of carbonyl (C=O) groups is 1. The van der Waals surface area contributed by atoms with Crippen molar-refractivity contribution < 1.29 is 19.0 Å². The van der Waals surface area contributed by atoms with Crippen molar-refractivity contribution in [3.8, 4) is 11.5 Å². The summed E-state index contributed by atoms with van der Waals surface area (Å²) < 4.78 is 16.7. The number of rotatable bonds is 12. The fourth-order valence-electron chi connectivity index (χ4n) is 5.58. The van der Waals surface area contributed by atoms with Crippen molar-refractivity contribution in [1.82, 2.24) is 9.80 Å². The number of piperidine rings is 1. The molecule has 0 aliphatic carbocycles. The van der Waals surface area contributed by atoms with Crippen LogP contribution in [0.25, 0.3) is 0 Å². The monoisotopic (exact) mass is 530 g/mol. The minimum absolute atomic E-state index is 0.0156. The lowest BCUT2D eigenvalue weighted by molar-refractivity contribution is 0.0375. The number of likely N-dealkylation sites (tertiary alicyclic amines) is 1. The maximum Gasteiger partial charge on any atom is 0.254 e. The van der Waals surface area contributed by atoms with E-state index in [4.69, 9.17) is 14.2 Å². The maximum absolute atomic E-state index is 14.2. The molecule has 0 spiro atoms. The van der Waals surface area contributed by atoms with Gasteiger partial charge in [-0.05, 0) is 56.1 Å². The van der Waals surface area contributed by atoms with E-state index in [-0.39, 0.29) is 23.9 Å². The Morgan fingerprint density at radius 3 is 2.33 bits per heavy atom. The summed E-state index contributed by atoms with van der Waals surface area (Å²) in [6.45, 7) is 8.01. The van der Waals surface area contributed by atoms with Crippen molar-refractivity contribution in [3.63, 3.8) is 0 Å². The molecule has 3 aromatic carbocycles. The van der Waals surface area contributed by atoms with E-state index >= 15 is 0 Å². The van der Waals surface area contributed by atoms with E-state index in [2.05, 4.69) is 84.3 Å². The second kappa shape index (κ2) is 14.2. The van der Waals surface area contributed by atoms with Crippen LogP contribution in [0.15, 0.2) is 78.9 Å². The summed E-state index contributed by atoms with van der Waals surface area (Å²) in [4.78, 5) is 18.8. The van der Waals surface area contributed by atoms with Crippen molar-refractivity contribution in [2.75, 3.05) is 40.5 Å². The third-order valence-corrected chi connectivity index (χ3v) is 7.45. The lowest BCUT2D eigenvalue weighted by Gasteiger charge is -2.46. The van der Waals surface area contributed by atoms with Gasteiger partial charge in [0, 0.05) is 50.8 Å². The van der Waals surface area contributed by atoms with Gasteiger partial charge in [-0.25, -0.2) is 0 Å². The summed E-state index contributed by atoms with van der Waals surface area (Å²) in [6.07, 6.45) is 1.75. The standard InChI is InChI=1S/C33H42N2O4/c1-25(2)35(33(36)28-16-17-31(38-4)32(22-28)39-21-11-20-37-3)30-24-34(23-26-12-7-5-8-13-26)19-18-29(30)27-14-9-6-10-15-27/h5-10,12-17,22,25,29-30H,11,18-21,23-24H2,1-4H3/t29-,30+/m1/s1. The molecule has 0 N–H and O–H groups in total. The van der Waals surface area contributed by atoms with Gasteiger partial charge < -0.3 is 19.1 Å². The molecule has 4 rings (SSSR count). The summed E-state index contributed by atoms with van der Waals surface area (Å²) in [7, 11) is 3.29. The lowest BCUT2D eigenvalue weighted by Crippen LogP contribution is -2.55. The molecule has 2 atom stereocenters. The summed E-state index contributed by atoms with van der Waals surface area (Å²) in [5.74, 6) is 1.47. The Bertz CT molecular complexity index is 1170. The number of benzene rings is 3. The molecule has 0 bridgehead atoms. The molecule has 39 heavy (non-hydrogen) atoms. The minimum Gasteiger partial charge on any atom is -0.493 e. The van der Waals surface area contributed by atoms with Crippen molar-refractivity contribution in [3.05, 3.63) is 95.6 Å². The molecule has 0 radical (unpaired) electrons. The van der Waals surface area contributed by atoms with Crippen molar-refractivity contribution in [2.24, 2.45) is 0 Å². The van der Waals surface area contributed by atoms with Crippen LogP contribution in [0.3, 0.4) is 0 Å². The number of hydrogen-bond donors (Lipinski definition) is 0. The zero-order valence-corrected chi connectivity index (χ0v) is 23.7. The molecular formula is C33H42N2O4. The predicted molar refractivity (Wildman–Crippen MR) is 156 cm³/mol. The fraction of sp³-hybridized carbons (Fsp3) is 0.424. The second-order valence-corrected chi connectivity index (χ2v) is 10.5. The van der Waals surface area contributed by atoms with Crippen LogP contribution < -0.4 is 9.47 Å². The third-order valence-electron chi connectivity index (χ3n) is 7.45. The van der Waals surface area contributed by atoms with E-state index in [1.165, 1.54) is 11.1 Å². The molecular weight excluding hydrogens is 488 g/mol. The van der Waals surface area contributed by atoms with E-state index in [1.807, 2.05) is 18.2 Å². The summed E-state index contributed by atoms with van der Waals surface area (Å²) in [6, 6.07) is 26.8. The van der Waals surface area contributed by atoms with Gasteiger partial charge in [-0.2, -0.15) is 0 Å². The highest BCUT2D eigenvalue weighted by molar-refractivity contribution is 5.95. The number of carbonyl (C=O) groups excluding carboxylic acids is 1. The van der Waals surface area contributed by atoms with Crippen LogP contribution >= 0.6 is 0 Å². The average molecular weight is 531 g/mol. The molecule has 0 aromatic heterocycles. The van der Waals surface area contributed by atoms with Crippen LogP contribution in [-0.2, 0) is 11.3 Å². The highest BCUT2D eigenvalue weighted by atomic mass is 16.5. The van der Waals surface area contributed by atoms with Gasteiger partial charge in [0.2, 0.25) is 0 Å². The number of nitrogens with zero attached hydrogens (tertiary/aromatic N) is 2. The second-order valence-electron chi connectivity index (χ2n) is 10.5. The molecule has 6 heteroatoms. The molecule has 1 fully saturated rings. The van der Waals surface area contributed by atoms with Crippen molar-refractivity contribution in [1.29, 1.82) is 0 Å². The summed E-state index contributed by atoms with van der Waals surface area (Å²) in [5, 5.41) is 0. The van der Waals surface area contributed by atoms with E-state index in [1.54, 1.807) is 14.2 Å². The summed E-state index contributed by atoms with van der Waals surface area (Å²) in [5.41, 5.74) is 3.19. The quantitative estimate of drug-likeness (QED) is 0.268. The number of amides is 1. The molecule has 1 aliphatic rings. The third kappa shape index (κ3) is 7.40. The van der Waals surface area contributed by atoms with E-state index < -0.39 is 0 Å². The van der Waals surface area contributed by atoms with Crippen molar-refractivity contribution >= 4 is 5.91 Å². The molecule has 3 aromatic rings. The number of methoxy groups -OCH3 is 2. The van der Waals surface area contributed by atoms with Gasteiger partial charge in [0.05, 0.1) is 19.8 Å². The Hall–Kier alpha value is -3.35. The normalized spacial score (nSPS) is 17.7. The number of ether oxygens (including phenoxy) is 3. The fourth-order valence-corrected chi connectivity index (χ4v) is 5.58. The van der Waals surface area contributed by atoms with Gasteiger partial charge in [0.1, 0.15) is 0 Å². The molecule has 1 saturated heterocycles. The summed E-state index contributed by atoms with van der Waals surface area (Å²) >= 11 is 0. The Kier molecular flexibility index (Phi) is 10.4. The molecule has 1 aliphatic heterocycles. The highest BCUT2D eigenvalue weighted by Crippen LogP contribution is 2.35. The van der Waals surface area contributed by atoms with Gasteiger partial charge in [-0.3, -0.25) is 9.69 Å². The Labute approximate surface area is 233 Å². The molecule has 1 heterocycles. The first kappa shape index (κ1) is 28.7. The topological polar surface area (TPSA) is 51.2 Å². The Morgan fingerprint density at radius 2 is 1.67 bits per heavy atom. The first-order chi connectivity index (χ1) is 19.0. The zero-order chi connectivity index (χ0) is 27.6. The van der Waals surface area contributed by atoms with Crippen molar-refractivity contribution in [2.45, 2.75) is 51.2 Å². The van der Waals surface area contributed by atoms with Gasteiger partial charge in [0.15, 0.2) is 11.5 Å². The van der Waals surface area contributed by atoms with Gasteiger partial charge in [-0.1, -0.05) is 60.7 Å². The van der Waals surface area contributed by atoms with E-state index in [0.717, 1.165) is 32.5 Å². The molecule has 0 unspecified atom stereocenters. The maximum atomic E-state index is 14.2. The van der Waals surface area contributed by atoms with Gasteiger partial charge >= 0.3 is 0 Å². The molecule has 0 saturated carbocycles. The van der Waals surface area contributed by atoms with E-state index in [0.29, 0.717) is 30.3 Å². The Morgan fingerprint density at radius 1 is 0.949 bits per heavy atom. The van der Waals surface area contributed by atoms with Crippen LogP contribution in [0.1, 0.15) is 54.1 Å². The first-order valence-electron chi connectivity index (χ1n) is 14.0. The molecule has 6 nitrogen and oxygen atoms in total. The number of hydrogen-bond acceptors (Lipinski definition) is 5. The average Bonchev–Trinajstić information content (AvgIpc) is 2.96. The lowest BCUT2D eigenvalue weighted by atomic mass is 9.83. The smallest absolute Gasteiger partial charge is 0.254 e. The molecule has 208 valence electrons. The highest BCUT2D eigenvalue weighted by Gasteiger charge is 2.38. The largest absolute Gasteiger partial charge is 0.493 e. The zero-order valence-electron chi connectivity index (χ0n) is 23.7. The SMILES string of the molecule is COCCCOc1cc(C(=O)N(C(C)C)[C@H]2CN(Cc3ccccc3)CC[C@@H]2c2ccccc2)ccc1OC. The minimum atomic E-state index is 0.0156. The first-order valence-corrected chi connectivity index (χ1v) is 14.0. The van der Waals surface area contributed by atoms with Crippen LogP contribution in [0.4, 0.5) is 0 Å². The Balaban J connectivity index is 1.63. The van der Waals surface area contributed by atoms with Gasteiger partial charge in [-0.15, -0.1) is 0 Å². The molecule has 1 amide bonds. The predicted octanol–water partition coefficient (Wildman–Crippen LogP) is 6.02.